The van der Waals surface area contributed by atoms with Crippen LogP contribution in [0.3, 0.4) is 0 Å². The fourth-order valence-corrected chi connectivity index (χ4v) is 1.57. The smallest absolute Gasteiger partial charge is 0.255 e. The quantitative estimate of drug-likeness (QED) is 0.660. The van der Waals surface area contributed by atoms with Gasteiger partial charge >= 0.3 is 0 Å². The van der Waals surface area contributed by atoms with E-state index >= 15 is 0 Å². The second-order valence-corrected chi connectivity index (χ2v) is 3.43. The van der Waals surface area contributed by atoms with E-state index in [0.717, 1.165) is 13.0 Å². The SMILES string of the molecule is N[C@H]1CCN(C(=O)c2ccnnc2)C1. The Labute approximate surface area is 81.9 Å². The Hall–Kier alpha value is -1.49. The van der Waals surface area contributed by atoms with Crippen molar-refractivity contribution in [3.05, 3.63) is 24.0 Å². The van der Waals surface area contributed by atoms with E-state index in [9.17, 15) is 4.79 Å². The van der Waals surface area contributed by atoms with Crippen LogP contribution in [-0.2, 0) is 0 Å². The van der Waals surface area contributed by atoms with Crippen LogP contribution in [0.15, 0.2) is 18.5 Å². The van der Waals surface area contributed by atoms with Crippen molar-refractivity contribution in [3.8, 4) is 0 Å². The maximum atomic E-state index is 11.8. The van der Waals surface area contributed by atoms with Gasteiger partial charge in [0.1, 0.15) is 0 Å². The molecule has 5 nitrogen and oxygen atoms in total. The fourth-order valence-electron chi connectivity index (χ4n) is 1.57. The lowest BCUT2D eigenvalue weighted by atomic mass is 10.3. The van der Waals surface area contributed by atoms with Gasteiger partial charge in [-0.3, -0.25) is 4.79 Å². The largest absolute Gasteiger partial charge is 0.337 e. The molecule has 0 radical (unpaired) electrons. The first-order valence-corrected chi connectivity index (χ1v) is 4.59. The summed E-state index contributed by atoms with van der Waals surface area (Å²) in [6, 6.07) is 1.79. The second kappa shape index (κ2) is 3.71. The number of rotatable bonds is 1. The first-order valence-electron chi connectivity index (χ1n) is 4.59. The molecule has 1 saturated heterocycles. The zero-order chi connectivity index (χ0) is 9.97. The lowest BCUT2D eigenvalue weighted by Crippen LogP contribution is -2.31. The van der Waals surface area contributed by atoms with Gasteiger partial charge in [0.15, 0.2) is 0 Å². The standard InChI is InChI=1S/C9H12N4O/c10-8-2-4-13(6-8)9(14)7-1-3-11-12-5-7/h1,3,5,8H,2,4,6,10H2/t8-/m0/s1. The number of amides is 1. The monoisotopic (exact) mass is 192 g/mol. The van der Waals surface area contributed by atoms with Crippen LogP contribution in [0, 0.1) is 0 Å². The third-order valence-electron chi connectivity index (χ3n) is 2.34. The molecule has 0 unspecified atom stereocenters. The third kappa shape index (κ3) is 1.72. The molecular formula is C9H12N4O. The van der Waals surface area contributed by atoms with Gasteiger partial charge in [-0.25, -0.2) is 0 Å². The average molecular weight is 192 g/mol. The molecule has 2 heterocycles. The van der Waals surface area contributed by atoms with Gasteiger partial charge in [0.05, 0.1) is 18.0 Å². The minimum Gasteiger partial charge on any atom is -0.337 e. The molecule has 1 aromatic heterocycles. The molecular weight excluding hydrogens is 180 g/mol. The second-order valence-electron chi connectivity index (χ2n) is 3.43. The molecule has 0 saturated carbocycles. The minimum absolute atomic E-state index is 0.00662. The number of likely N-dealkylation sites (tertiary alicyclic amines) is 1. The maximum absolute atomic E-state index is 11.8. The molecule has 1 aliphatic rings. The van der Waals surface area contributed by atoms with Crippen molar-refractivity contribution in [2.24, 2.45) is 5.73 Å². The van der Waals surface area contributed by atoms with Crippen molar-refractivity contribution in [3.63, 3.8) is 0 Å². The highest BCUT2D eigenvalue weighted by Crippen LogP contribution is 2.10. The van der Waals surface area contributed by atoms with E-state index in [1.165, 1.54) is 12.4 Å². The van der Waals surface area contributed by atoms with Crippen molar-refractivity contribution in [1.29, 1.82) is 0 Å². The topological polar surface area (TPSA) is 72.1 Å². The molecule has 74 valence electrons. The van der Waals surface area contributed by atoms with Gasteiger partial charge in [-0.05, 0) is 12.5 Å². The van der Waals surface area contributed by atoms with Crippen molar-refractivity contribution in [2.45, 2.75) is 12.5 Å². The summed E-state index contributed by atoms with van der Waals surface area (Å²) in [5, 5.41) is 7.29. The van der Waals surface area contributed by atoms with Crippen molar-refractivity contribution in [2.75, 3.05) is 13.1 Å². The van der Waals surface area contributed by atoms with Crippen LogP contribution >= 0.6 is 0 Å². The molecule has 2 N–H and O–H groups in total. The highest BCUT2D eigenvalue weighted by atomic mass is 16.2. The molecule has 0 aliphatic carbocycles. The molecule has 1 atom stereocenters. The van der Waals surface area contributed by atoms with E-state index in [1.807, 2.05) is 0 Å². The highest BCUT2D eigenvalue weighted by Gasteiger charge is 2.24. The zero-order valence-electron chi connectivity index (χ0n) is 7.76. The van der Waals surface area contributed by atoms with Gasteiger partial charge in [-0.2, -0.15) is 10.2 Å². The lowest BCUT2D eigenvalue weighted by Gasteiger charge is -2.14. The molecule has 1 amide bonds. The molecule has 0 aromatic carbocycles. The molecule has 1 aliphatic heterocycles. The number of hydrogen-bond donors (Lipinski definition) is 1. The summed E-state index contributed by atoms with van der Waals surface area (Å²) in [6.07, 6.45) is 3.87. The van der Waals surface area contributed by atoms with Gasteiger partial charge in [-0.1, -0.05) is 0 Å². The molecule has 1 aromatic rings. The van der Waals surface area contributed by atoms with Crippen LogP contribution in [-0.4, -0.2) is 40.1 Å². The minimum atomic E-state index is -0.00662. The molecule has 0 spiro atoms. The van der Waals surface area contributed by atoms with Crippen LogP contribution in [0.1, 0.15) is 16.8 Å². The molecule has 5 heteroatoms. The first-order chi connectivity index (χ1) is 6.77. The summed E-state index contributed by atoms with van der Waals surface area (Å²) in [5.41, 5.74) is 6.30. The van der Waals surface area contributed by atoms with Gasteiger partial charge in [0.25, 0.3) is 5.91 Å². The summed E-state index contributed by atoms with van der Waals surface area (Å²) < 4.78 is 0. The van der Waals surface area contributed by atoms with E-state index in [4.69, 9.17) is 5.73 Å². The molecule has 0 bridgehead atoms. The Balaban J connectivity index is 2.10. The van der Waals surface area contributed by atoms with Gasteiger partial charge in [0.2, 0.25) is 0 Å². The van der Waals surface area contributed by atoms with Gasteiger partial charge < -0.3 is 10.6 Å². The van der Waals surface area contributed by atoms with E-state index in [2.05, 4.69) is 10.2 Å². The normalized spacial score (nSPS) is 21.2. The summed E-state index contributed by atoms with van der Waals surface area (Å²) in [5.74, 6) is -0.00662. The van der Waals surface area contributed by atoms with E-state index in [-0.39, 0.29) is 11.9 Å². The predicted molar refractivity (Wildman–Crippen MR) is 50.5 cm³/mol. The summed E-state index contributed by atoms with van der Waals surface area (Å²) in [7, 11) is 0. The number of aromatic nitrogens is 2. The van der Waals surface area contributed by atoms with Crippen LogP contribution in [0.25, 0.3) is 0 Å². The Kier molecular flexibility index (Phi) is 2.41. The fraction of sp³-hybridized carbons (Fsp3) is 0.444. The Morgan fingerprint density at radius 2 is 2.43 bits per heavy atom. The lowest BCUT2D eigenvalue weighted by molar-refractivity contribution is 0.0790. The van der Waals surface area contributed by atoms with Crippen molar-refractivity contribution < 1.29 is 4.79 Å². The van der Waals surface area contributed by atoms with Crippen LogP contribution in [0.2, 0.25) is 0 Å². The Bertz CT molecular complexity index is 327. The van der Waals surface area contributed by atoms with Crippen LogP contribution in [0.5, 0.6) is 0 Å². The van der Waals surface area contributed by atoms with Gasteiger partial charge in [0, 0.05) is 19.1 Å². The number of hydrogen-bond acceptors (Lipinski definition) is 4. The number of carbonyl (C=O) groups excluding carboxylic acids is 1. The van der Waals surface area contributed by atoms with Gasteiger partial charge in [-0.15, -0.1) is 0 Å². The Morgan fingerprint density at radius 1 is 1.57 bits per heavy atom. The Morgan fingerprint density at radius 3 is 3.00 bits per heavy atom. The third-order valence-corrected chi connectivity index (χ3v) is 2.34. The number of nitrogens with zero attached hydrogens (tertiary/aromatic N) is 3. The number of carbonyl (C=O) groups is 1. The summed E-state index contributed by atoms with van der Waals surface area (Å²) in [6.45, 7) is 1.38. The van der Waals surface area contributed by atoms with Crippen molar-refractivity contribution >= 4 is 5.91 Å². The molecule has 2 rings (SSSR count). The summed E-state index contributed by atoms with van der Waals surface area (Å²) in [4.78, 5) is 13.5. The molecule has 14 heavy (non-hydrogen) atoms. The van der Waals surface area contributed by atoms with E-state index in [0.29, 0.717) is 12.1 Å². The zero-order valence-corrected chi connectivity index (χ0v) is 7.76. The van der Waals surface area contributed by atoms with Crippen LogP contribution < -0.4 is 5.73 Å². The highest BCUT2D eigenvalue weighted by molar-refractivity contribution is 5.93. The first kappa shape index (κ1) is 9.08. The van der Waals surface area contributed by atoms with E-state index < -0.39 is 0 Å². The van der Waals surface area contributed by atoms with E-state index in [1.54, 1.807) is 11.0 Å². The van der Waals surface area contributed by atoms with Crippen molar-refractivity contribution in [1.82, 2.24) is 15.1 Å². The number of nitrogens with two attached hydrogens (primary N) is 1. The average Bonchev–Trinajstić information content (AvgIpc) is 2.65. The maximum Gasteiger partial charge on any atom is 0.255 e. The van der Waals surface area contributed by atoms with Crippen LogP contribution in [0.4, 0.5) is 0 Å². The summed E-state index contributed by atoms with van der Waals surface area (Å²) >= 11 is 0. The predicted octanol–water partition coefficient (Wildman–Crippen LogP) is -0.350. The molecule has 1 fully saturated rings.